The van der Waals surface area contributed by atoms with E-state index in [2.05, 4.69) is 13.5 Å². The Bertz CT molecular complexity index is 270. The van der Waals surface area contributed by atoms with Crippen molar-refractivity contribution < 1.29 is 9.53 Å². The second kappa shape index (κ2) is 5.51. The van der Waals surface area contributed by atoms with Gasteiger partial charge in [-0.25, -0.2) is 0 Å². The maximum absolute atomic E-state index is 11.6. The molecule has 0 bridgehead atoms. The molecule has 1 aliphatic rings. The highest BCUT2D eigenvalue weighted by atomic mass is 16.6. The average Bonchev–Trinajstić information content (AvgIpc) is 2.15. The Balaban J connectivity index is 2.60. The summed E-state index contributed by atoms with van der Waals surface area (Å²) in [5, 5.41) is 0. The predicted molar refractivity (Wildman–Crippen MR) is 66.2 cm³/mol. The Morgan fingerprint density at radius 3 is 2.81 bits per heavy atom. The molecule has 1 rings (SSSR count). The predicted octanol–water partition coefficient (Wildman–Crippen LogP) is 3.85. The van der Waals surface area contributed by atoms with E-state index < -0.39 is 0 Å². The van der Waals surface area contributed by atoms with E-state index in [1.807, 2.05) is 13.8 Å². The first-order valence-electron chi connectivity index (χ1n) is 6.37. The summed E-state index contributed by atoms with van der Waals surface area (Å²) in [4.78, 5) is 11.6. The van der Waals surface area contributed by atoms with Crippen LogP contribution in [0.2, 0.25) is 0 Å². The summed E-state index contributed by atoms with van der Waals surface area (Å²) < 4.78 is 5.62. The van der Waals surface area contributed by atoms with Crippen LogP contribution in [0.25, 0.3) is 0 Å². The molecule has 0 aromatic carbocycles. The summed E-state index contributed by atoms with van der Waals surface area (Å²) >= 11 is 0. The molecule has 0 heterocycles. The molecule has 0 spiro atoms. The summed E-state index contributed by atoms with van der Waals surface area (Å²) in [6, 6.07) is 0. The Morgan fingerprint density at radius 2 is 2.25 bits per heavy atom. The molecule has 0 amide bonds. The van der Waals surface area contributed by atoms with Gasteiger partial charge in [0.2, 0.25) is 0 Å². The molecule has 2 unspecified atom stereocenters. The van der Waals surface area contributed by atoms with Gasteiger partial charge in [0.1, 0.15) is 5.60 Å². The lowest BCUT2D eigenvalue weighted by Gasteiger charge is -2.38. The third-order valence-corrected chi connectivity index (χ3v) is 3.31. The first-order valence-corrected chi connectivity index (χ1v) is 6.37. The zero-order valence-electron chi connectivity index (χ0n) is 10.8. The third kappa shape index (κ3) is 3.66. The van der Waals surface area contributed by atoms with Gasteiger partial charge < -0.3 is 4.74 Å². The third-order valence-electron chi connectivity index (χ3n) is 3.31. The fourth-order valence-corrected chi connectivity index (χ4v) is 2.66. The van der Waals surface area contributed by atoms with Crippen LogP contribution in [-0.2, 0) is 9.53 Å². The maximum atomic E-state index is 11.6. The second-order valence-electron chi connectivity index (χ2n) is 5.28. The van der Waals surface area contributed by atoms with Gasteiger partial charge in [0.05, 0.1) is 0 Å². The smallest absolute Gasteiger partial charge is 0.306 e. The van der Waals surface area contributed by atoms with Crippen molar-refractivity contribution in [3.8, 4) is 0 Å². The van der Waals surface area contributed by atoms with Crippen molar-refractivity contribution in [2.24, 2.45) is 5.92 Å². The molecule has 2 atom stereocenters. The van der Waals surface area contributed by atoms with Gasteiger partial charge >= 0.3 is 5.97 Å². The highest BCUT2D eigenvalue weighted by molar-refractivity contribution is 5.69. The first-order chi connectivity index (χ1) is 7.49. The normalized spacial score (nSPS) is 30.2. The minimum atomic E-state index is -0.303. The SMILES string of the molecule is C=C1CC(CC)CC(C)(OC(=O)CCC)C1. The van der Waals surface area contributed by atoms with Crippen molar-refractivity contribution in [3.05, 3.63) is 12.2 Å². The molecular weight excluding hydrogens is 200 g/mol. The summed E-state index contributed by atoms with van der Waals surface area (Å²) in [5.41, 5.74) is 0.923. The van der Waals surface area contributed by atoms with Crippen LogP contribution in [0.1, 0.15) is 59.3 Å². The number of ether oxygens (including phenoxy) is 1. The van der Waals surface area contributed by atoms with Gasteiger partial charge in [-0.3, -0.25) is 4.79 Å². The number of carbonyl (C=O) groups is 1. The molecule has 1 saturated carbocycles. The van der Waals surface area contributed by atoms with Crippen molar-refractivity contribution in [3.63, 3.8) is 0 Å². The first kappa shape index (κ1) is 13.3. The van der Waals surface area contributed by atoms with E-state index in [-0.39, 0.29) is 11.6 Å². The Kier molecular flexibility index (Phi) is 4.57. The average molecular weight is 224 g/mol. The number of carbonyl (C=O) groups excluding carboxylic acids is 1. The van der Waals surface area contributed by atoms with E-state index in [1.165, 1.54) is 5.57 Å². The van der Waals surface area contributed by atoms with Crippen molar-refractivity contribution in [2.75, 3.05) is 0 Å². The van der Waals surface area contributed by atoms with E-state index in [9.17, 15) is 4.79 Å². The molecule has 2 heteroatoms. The maximum Gasteiger partial charge on any atom is 0.306 e. The van der Waals surface area contributed by atoms with Gasteiger partial charge in [-0.05, 0) is 32.1 Å². The second-order valence-corrected chi connectivity index (χ2v) is 5.28. The van der Waals surface area contributed by atoms with Gasteiger partial charge in [0.15, 0.2) is 0 Å². The molecule has 0 aliphatic heterocycles. The molecular formula is C14H24O2. The van der Waals surface area contributed by atoms with Crippen LogP contribution >= 0.6 is 0 Å². The lowest BCUT2D eigenvalue weighted by atomic mass is 9.76. The van der Waals surface area contributed by atoms with E-state index in [0.717, 1.165) is 32.1 Å². The summed E-state index contributed by atoms with van der Waals surface area (Å²) in [6.07, 6.45) is 5.43. The van der Waals surface area contributed by atoms with Gasteiger partial charge in [0.25, 0.3) is 0 Å². The van der Waals surface area contributed by atoms with Crippen LogP contribution in [0.5, 0.6) is 0 Å². The molecule has 0 aromatic heterocycles. The highest BCUT2D eigenvalue weighted by Gasteiger charge is 2.36. The van der Waals surface area contributed by atoms with E-state index in [4.69, 9.17) is 4.74 Å². The van der Waals surface area contributed by atoms with E-state index in [1.54, 1.807) is 0 Å². The standard InChI is InChI=1S/C14H24O2/c1-5-7-13(15)16-14(4)9-11(3)8-12(6-2)10-14/h12H,3,5-10H2,1-2,4H3. The van der Waals surface area contributed by atoms with Crippen LogP contribution in [0, 0.1) is 5.92 Å². The molecule has 0 N–H and O–H groups in total. The Labute approximate surface area is 99.1 Å². The van der Waals surface area contributed by atoms with Crippen LogP contribution in [0.4, 0.5) is 0 Å². The van der Waals surface area contributed by atoms with Gasteiger partial charge in [-0.2, -0.15) is 0 Å². The summed E-state index contributed by atoms with van der Waals surface area (Å²) in [6.45, 7) is 10.3. The molecule has 0 radical (unpaired) electrons. The minimum Gasteiger partial charge on any atom is -0.459 e. The molecule has 2 nitrogen and oxygen atoms in total. The van der Waals surface area contributed by atoms with Crippen molar-refractivity contribution >= 4 is 5.97 Å². The molecule has 0 saturated heterocycles. The minimum absolute atomic E-state index is 0.0606. The number of hydrogen-bond donors (Lipinski definition) is 0. The molecule has 92 valence electrons. The lowest BCUT2D eigenvalue weighted by molar-refractivity contribution is -0.161. The van der Waals surface area contributed by atoms with Crippen molar-refractivity contribution in [1.82, 2.24) is 0 Å². The number of rotatable bonds is 4. The monoisotopic (exact) mass is 224 g/mol. The quantitative estimate of drug-likeness (QED) is 0.535. The van der Waals surface area contributed by atoms with Crippen LogP contribution < -0.4 is 0 Å². The zero-order valence-corrected chi connectivity index (χ0v) is 10.8. The summed E-state index contributed by atoms with van der Waals surface area (Å²) in [5.74, 6) is 0.565. The molecule has 1 fully saturated rings. The highest BCUT2D eigenvalue weighted by Crippen LogP contribution is 2.39. The van der Waals surface area contributed by atoms with E-state index >= 15 is 0 Å². The van der Waals surface area contributed by atoms with Crippen molar-refractivity contribution in [2.45, 2.75) is 64.9 Å². The molecule has 0 aromatic rings. The van der Waals surface area contributed by atoms with E-state index in [0.29, 0.717) is 12.3 Å². The fourth-order valence-electron chi connectivity index (χ4n) is 2.66. The Hall–Kier alpha value is -0.790. The largest absolute Gasteiger partial charge is 0.459 e. The van der Waals surface area contributed by atoms with Gasteiger partial charge in [-0.15, -0.1) is 0 Å². The topological polar surface area (TPSA) is 26.3 Å². The van der Waals surface area contributed by atoms with Crippen LogP contribution in [0.3, 0.4) is 0 Å². The lowest BCUT2D eigenvalue weighted by Crippen LogP contribution is -2.37. The zero-order chi connectivity index (χ0) is 12.2. The van der Waals surface area contributed by atoms with Gasteiger partial charge in [-0.1, -0.05) is 32.4 Å². The fraction of sp³-hybridized carbons (Fsp3) is 0.786. The van der Waals surface area contributed by atoms with Crippen molar-refractivity contribution in [1.29, 1.82) is 0 Å². The number of hydrogen-bond acceptors (Lipinski definition) is 2. The summed E-state index contributed by atoms with van der Waals surface area (Å²) in [7, 11) is 0. The van der Waals surface area contributed by atoms with Gasteiger partial charge in [0, 0.05) is 12.8 Å². The number of esters is 1. The molecule has 16 heavy (non-hydrogen) atoms. The molecule has 1 aliphatic carbocycles. The Morgan fingerprint density at radius 1 is 1.56 bits per heavy atom. The van der Waals surface area contributed by atoms with Crippen LogP contribution in [-0.4, -0.2) is 11.6 Å². The van der Waals surface area contributed by atoms with Crippen LogP contribution in [0.15, 0.2) is 12.2 Å².